The Bertz CT molecular complexity index is 1890. The Morgan fingerprint density at radius 2 is 1.66 bits per heavy atom. The minimum absolute atomic E-state index is 0.154. The lowest BCUT2D eigenvalue weighted by atomic mass is 9.91. The van der Waals surface area contributed by atoms with Gasteiger partial charge in [-0.15, -0.1) is 11.8 Å². The first-order valence-electron chi connectivity index (χ1n) is 13.7. The van der Waals surface area contributed by atoms with E-state index < -0.39 is 23.6 Å². The van der Waals surface area contributed by atoms with Crippen LogP contribution in [0.3, 0.4) is 0 Å². The van der Waals surface area contributed by atoms with Gasteiger partial charge in [0.05, 0.1) is 17.0 Å². The zero-order valence-electron chi connectivity index (χ0n) is 23.6. The third-order valence-electron chi connectivity index (χ3n) is 7.17. The molecule has 0 aliphatic heterocycles. The molecule has 0 spiro atoms. The van der Waals surface area contributed by atoms with Crippen molar-refractivity contribution < 1.29 is 32.6 Å². The smallest absolute Gasteiger partial charge is 0.418 e. The van der Waals surface area contributed by atoms with Gasteiger partial charge in [0.1, 0.15) is 12.4 Å². The van der Waals surface area contributed by atoms with Crippen LogP contribution in [-0.4, -0.2) is 21.8 Å². The van der Waals surface area contributed by atoms with Crippen LogP contribution in [0.25, 0.3) is 22.0 Å². The van der Waals surface area contributed by atoms with E-state index in [0.717, 1.165) is 11.6 Å². The van der Waals surface area contributed by atoms with Crippen molar-refractivity contribution in [2.45, 2.75) is 32.0 Å². The molecule has 4 aromatic carbocycles. The zero-order chi connectivity index (χ0) is 31.3. The van der Waals surface area contributed by atoms with Crippen molar-refractivity contribution in [2.75, 3.05) is 0 Å². The highest BCUT2D eigenvalue weighted by Crippen LogP contribution is 2.39. The first-order chi connectivity index (χ1) is 21.2. The van der Waals surface area contributed by atoms with Gasteiger partial charge in [-0.2, -0.15) is 13.2 Å². The molecule has 1 N–H and O–H groups in total. The summed E-state index contributed by atoms with van der Waals surface area (Å²) >= 11 is 0. The molecule has 0 aliphatic carbocycles. The molecule has 220 valence electrons. The van der Waals surface area contributed by atoms with Gasteiger partial charge in [0.15, 0.2) is 5.78 Å². The molecule has 0 fully saturated rings. The maximum absolute atomic E-state index is 13.9. The number of nitrogens with zero attached hydrogens (tertiary/aromatic N) is 1. The van der Waals surface area contributed by atoms with Gasteiger partial charge in [-0.25, -0.2) is 0 Å². The average Bonchev–Trinajstić information content (AvgIpc) is 3.03. The summed E-state index contributed by atoms with van der Waals surface area (Å²) in [6, 6.07) is 26.1. The number of para-hydroxylation sites is 1. The lowest BCUT2D eigenvalue weighted by molar-refractivity contribution is -0.139. The number of ketones is 1. The molecule has 0 radical (unpaired) electrons. The molecule has 0 saturated heterocycles. The Balaban J connectivity index is 1.50. The van der Waals surface area contributed by atoms with Gasteiger partial charge < -0.3 is 9.84 Å². The summed E-state index contributed by atoms with van der Waals surface area (Å²) < 4.78 is 47.7. The number of alkyl halides is 3. The molecule has 8 heteroatoms. The van der Waals surface area contributed by atoms with Crippen molar-refractivity contribution in [3.05, 3.63) is 131 Å². The fourth-order valence-electron chi connectivity index (χ4n) is 4.99. The summed E-state index contributed by atoms with van der Waals surface area (Å²) in [4.78, 5) is 29.4. The average molecular weight is 594 g/mol. The minimum Gasteiger partial charge on any atom is -0.489 e. The number of ether oxygens (including phenoxy) is 1. The Morgan fingerprint density at radius 1 is 0.932 bits per heavy atom. The van der Waals surface area contributed by atoms with Crippen molar-refractivity contribution in [3.63, 3.8) is 0 Å². The van der Waals surface area contributed by atoms with E-state index in [1.54, 1.807) is 85.8 Å². The lowest BCUT2D eigenvalue weighted by Gasteiger charge is -2.16. The maximum Gasteiger partial charge on any atom is 0.418 e. The van der Waals surface area contributed by atoms with E-state index in [1.165, 1.54) is 18.3 Å². The van der Waals surface area contributed by atoms with Gasteiger partial charge in [0.25, 0.3) is 0 Å². The first kappa shape index (κ1) is 30.1. The van der Waals surface area contributed by atoms with Crippen LogP contribution < -0.4 is 4.74 Å². The predicted molar refractivity (Wildman–Crippen MR) is 161 cm³/mol. The van der Waals surface area contributed by atoms with Gasteiger partial charge in [-0.3, -0.25) is 14.6 Å². The van der Waals surface area contributed by atoms with Crippen LogP contribution in [0, 0.1) is 11.8 Å². The summed E-state index contributed by atoms with van der Waals surface area (Å²) in [6.07, 6.45) is -3.23. The van der Waals surface area contributed by atoms with Crippen molar-refractivity contribution in [1.82, 2.24) is 4.98 Å². The van der Waals surface area contributed by atoms with E-state index in [1.807, 2.05) is 0 Å². The summed E-state index contributed by atoms with van der Waals surface area (Å²) in [5.41, 5.74) is 1.62. The quantitative estimate of drug-likeness (QED) is 0.137. The second-order valence-electron chi connectivity index (χ2n) is 10.0. The monoisotopic (exact) mass is 593 g/mol. The van der Waals surface area contributed by atoms with Gasteiger partial charge >= 0.3 is 12.1 Å². The van der Waals surface area contributed by atoms with E-state index in [2.05, 4.69) is 16.8 Å². The molecular weight excluding hydrogens is 567 g/mol. The van der Waals surface area contributed by atoms with Crippen LogP contribution in [0.2, 0.25) is 0 Å². The molecule has 0 saturated carbocycles. The van der Waals surface area contributed by atoms with Crippen molar-refractivity contribution in [3.8, 4) is 28.7 Å². The Kier molecular flexibility index (Phi) is 8.77. The van der Waals surface area contributed by atoms with Crippen LogP contribution in [0.15, 0.2) is 103 Å². The number of halogens is 3. The van der Waals surface area contributed by atoms with Gasteiger partial charge in [0, 0.05) is 34.7 Å². The standard InChI is InChI=1S/C36H26F3NO4/c1-2-3-13-28(35(42)43)24-18-16-23(17-19-24)22-44-27-12-7-11-26(20-27)32-29-14-8-15-31(36(37,38)39)33(29)40-21-30(32)34(41)25-9-5-4-6-10-25/h4-12,14-21,28H,13,22H2,1H3,(H,42,43). The van der Waals surface area contributed by atoms with E-state index in [9.17, 15) is 27.9 Å². The third-order valence-corrected chi connectivity index (χ3v) is 7.17. The topological polar surface area (TPSA) is 76.5 Å². The van der Waals surface area contributed by atoms with Crippen LogP contribution in [0.4, 0.5) is 13.2 Å². The van der Waals surface area contributed by atoms with Crippen LogP contribution in [-0.2, 0) is 17.6 Å². The number of hydrogen-bond donors (Lipinski definition) is 1. The summed E-state index contributed by atoms with van der Waals surface area (Å²) in [5, 5.41) is 9.75. The molecule has 1 unspecified atom stereocenters. The number of carboxylic acid groups (broad SMARTS) is 1. The summed E-state index contributed by atoms with van der Waals surface area (Å²) in [5.74, 6) is 3.90. The van der Waals surface area contributed by atoms with Crippen molar-refractivity contribution in [1.29, 1.82) is 0 Å². The molecular formula is C36H26F3NO4. The predicted octanol–water partition coefficient (Wildman–Crippen LogP) is 8.31. The lowest BCUT2D eigenvalue weighted by Crippen LogP contribution is -2.11. The Morgan fingerprint density at radius 3 is 2.34 bits per heavy atom. The van der Waals surface area contributed by atoms with Gasteiger partial charge in [-0.1, -0.05) is 78.9 Å². The SMILES string of the molecule is CC#CCC(C(=O)O)c1ccc(COc2cccc(-c3c(C(=O)c4ccccc4)cnc4c(C(F)(F)F)cccc34)c2)cc1. The highest BCUT2D eigenvalue weighted by atomic mass is 19.4. The molecule has 0 bridgehead atoms. The van der Waals surface area contributed by atoms with E-state index in [4.69, 9.17) is 4.74 Å². The molecule has 5 rings (SSSR count). The number of benzene rings is 4. The van der Waals surface area contributed by atoms with E-state index in [-0.39, 0.29) is 35.3 Å². The molecule has 0 aliphatic rings. The molecule has 44 heavy (non-hydrogen) atoms. The summed E-state index contributed by atoms with van der Waals surface area (Å²) in [7, 11) is 0. The Hall–Kier alpha value is -5.42. The Labute approximate surface area is 252 Å². The highest BCUT2D eigenvalue weighted by molar-refractivity contribution is 6.16. The van der Waals surface area contributed by atoms with E-state index >= 15 is 0 Å². The van der Waals surface area contributed by atoms with Crippen molar-refractivity contribution >= 4 is 22.7 Å². The molecule has 1 atom stereocenters. The molecule has 1 heterocycles. The minimum atomic E-state index is -4.64. The largest absolute Gasteiger partial charge is 0.489 e. The van der Waals surface area contributed by atoms with Gasteiger partial charge in [-0.05, 0) is 41.8 Å². The number of hydrogen-bond acceptors (Lipinski definition) is 4. The maximum atomic E-state index is 13.9. The van der Waals surface area contributed by atoms with Crippen molar-refractivity contribution in [2.24, 2.45) is 0 Å². The summed E-state index contributed by atoms with van der Waals surface area (Å²) in [6.45, 7) is 1.81. The normalized spacial score (nSPS) is 11.8. The van der Waals surface area contributed by atoms with Crippen LogP contribution in [0.5, 0.6) is 5.75 Å². The fourth-order valence-corrected chi connectivity index (χ4v) is 4.99. The number of rotatable bonds is 9. The van der Waals surface area contributed by atoms with Crippen LogP contribution >= 0.6 is 0 Å². The number of carbonyl (C=O) groups excluding carboxylic acids is 1. The second kappa shape index (κ2) is 12.8. The number of pyridine rings is 1. The second-order valence-corrected chi connectivity index (χ2v) is 10.0. The molecule has 5 aromatic rings. The molecule has 5 nitrogen and oxygen atoms in total. The van der Waals surface area contributed by atoms with Gasteiger partial charge in [0.2, 0.25) is 0 Å². The number of carboxylic acids is 1. The molecule has 1 aromatic heterocycles. The van der Waals surface area contributed by atoms with Crippen LogP contribution in [0.1, 0.15) is 51.9 Å². The highest BCUT2D eigenvalue weighted by Gasteiger charge is 2.34. The number of fused-ring (bicyclic) bond motifs is 1. The number of aromatic nitrogens is 1. The number of carbonyl (C=O) groups is 2. The number of aliphatic carboxylic acids is 1. The fraction of sp³-hybridized carbons (Fsp3) is 0.139. The third kappa shape index (κ3) is 6.47. The zero-order valence-corrected chi connectivity index (χ0v) is 23.6. The molecule has 0 amide bonds. The van der Waals surface area contributed by atoms with E-state index in [0.29, 0.717) is 28.0 Å². The first-order valence-corrected chi connectivity index (χ1v) is 13.7.